The van der Waals surface area contributed by atoms with Crippen LogP contribution < -0.4 is 0 Å². The number of carbonyl (C=O) groups is 2. The summed E-state index contributed by atoms with van der Waals surface area (Å²) < 4.78 is 8.82. The van der Waals surface area contributed by atoms with Crippen molar-refractivity contribution in [1.82, 2.24) is 0 Å². The average molecular weight is 234 g/mol. The molecule has 88 valence electrons. The van der Waals surface area contributed by atoms with Crippen LogP contribution in [-0.2, 0) is 14.3 Å². The summed E-state index contributed by atoms with van der Waals surface area (Å²) >= 11 is 0. The summed E-state index contributed by atoms with van der Waals surface area (Å²) in [7, 11) is 2.42. The maximum atomic E-state index is 11.3. The Labute approximate surface area is 98.0 Å². The van der Waals surface area contributed by atoms with E-state index in [1.54, 1.807) is 0 Å². The summed E-state index contributed by atoms with van der Waals surface area (Å²) in [5.74, 6) is 3.14. The number of esters is 2. The van der Waals surface area contributed by atoms with Crippen molar-refractivity contribution in [1.29, 1.82) is 0 Å². The molecule has 0 aromatic heterocycles. The zero-order valence-corrected chi connectivity index (χ0v) is 9.31. The molecule has 0 atom stereocenters. The van der Waals surface area contributed by atoms with E-state index in [0.717, 1.165) is 0 Å². The standard InChI is InChI=1S/C12H10O5/c1-16-11(14)6-4-8-3-5-10(13)9(7-8)12(15)17-2/h3,5,7,13H,1-2H3. The van der Waals surface area contributed by atoms with Crippen LogP contribution in [0.1, 0.15) is 15.9 Å². The Kier molecular flexibility index (Phi) is 4.12. The van der Waals surface area contributed by atoms with E-state index in [2.05, 4.69) is 21.3 Å². The lowest BCUT2D eigenvalue weighted by Crippen LogP contribution is -2.02. The normalized spacial score (nSPS) is 8.82. The maximum Gasteiger partial charge on any atom is 0.384 e. The van der Waals surface area contributed by atoms with E-state index >= 15 is 0 Å². The predicted molar refractivity (Wildman–Crippen MR) is 58.3 cm³/mol. The molecule has 17 heavy (non-hydrogen) atoms. The van der Waals surface area contributed by atoms with E-state index in [-0.39, 0.29) is 11.3 Å². The molecule has 0 amide bonds. The van der Waals surface area contributed by atoms with Gasteiger partial charge in [-0.1, -0.05) is 5.92 Å². The first kappa shape index (κ1) is 12.6. The monoisotopic (exact) mass is 234 g/mol. The van der Waals surface area contributed by atoms with Crippen molar-refractivity contribution in [3.8, 4) is 17.6 Å². The molecule has 0 bridgehead atoms. The number of rotatable bonds is 1. The van der Waals surface area contributed by atoms with Crippen LogP contribution in [0.2, 0.25) is 0 Å². The van der Waals surface area contributed by atoms with Gasteiger partial charge in [0.05, 0.1) is 14.2 Å². The van der Waals surface area contributed by atoms with Crippen molar-refractivity contribution in [2.45, 2.75) is 0 Å². The summed E-state index contributed by atoms with van der Waals surface area (Å²) in [6.45, 7) is 0. The van der Waals surface area contributed by atoms with Gasteiger partial charge in [-0.25, -0.2) is 9.59 Å². The van der Waals surface area contributed by atoms with Crippen LogP contribution >= 0.6 is 0 Å². The Morgan fingerprint density at radius 2 is 1.94 bits per heavy atom. The molecule has 0 radical (unpaired) electrons. The molecule has 0 aliphatic rings. The molecule has 0 spiro atoms. The lowest BCUT2D eigenvalue weighted by molar-refractivity contribution is -0.133. The quantitative estimate of drug-likeness (QED) is 0.572. The third-order valence-corrected chi connectivity index (χ3v) is 1.90. The first-order valence-electron chi connectivity index (χ1n) is 4.59. The Morgan fingerprint density at radius 1 is 1.24 bits per heavy atom. The Bertz CT molecular complexity index is 507. The van der Waals surface area contributed by atoms with Crippen molar-refractivity contribution in [3.05, 3.63) is 29.3 Å². The van der Waals surface area contributed by atoms with E-state index in [1.165, 1.54) is 32.4 Å². The molecule has 0 heterocycles. The van der Waals surface area contributed by atoms with Crippen molar-refractivity contribution >= 4 is 11.9 Å². The number of hydrogen-bond acceptors (Lipinski definition) is 5. The minimum absolute atomic E-state index is 0.0100. The minimum atomic E-state index is -0.683. The topological polar surface area (TPSA) is 72.8 Å². The van der Waals surface area contributed by atoms with Crippen LogP contribution in [0.15, 0.2) is 18.2 Å². The number of phenolic OH excluding ortho intramolecular Hbond substituents is 1. The molecule has 0 saturated heterocycles. The number of phenols is 1. The molecule has 1 aromatic carbocycles. The Morgan fingerprint density at radius 3 is 2.53 bits per heavy atom. The number of carbonyl (C=O) groups excluding carboxylic acids is 2. The van der Waals surface area contributed by atoms with Gasteiger partial charge in [0, 0.05) is 11.5 Å². The number of methoxy groups -OCH3 is 2. The molecule has 0 fully saturated rings. The van der Waals surface area contributed by atoms with E-state index in [9.17, 15) is 14.7 Å². The summed E-state index contributed by atoms with van der Waals surface area (Å²) in [6, 6.07) is 4.10. The number of aromatic hydroxyl groups is 1. The molecular weight excluding hydrogens is 224 g/mol. The molecule has 5 heteroatoms. The molecule has 0 saturated carbocycles. The smallest absolute Gasteiger partial charge is 0.384 e. The van der Waals surface area contributed by atoms with Gasteiger partial charge in [-0.15, -0.1) is 0 Å². The van der Waals surface area contributed by atoms with Crippen LogP contribution in [0.5, 0.6) is 5.75 Å². The van der Waals surface area contributed by atoms with Gasteiger partial charge in [-0.2, -0.15) is 0 Å². The summed E-state index contributed by atoms with van der Waals surface area (Å²) in [4.78, 5) is 22.0. The summed E-state index contributed by atoms with van der Waals surface area (Å²) in [5.41, 5.74) is 0.387. The Hall–Kier alpha value is -2.48. The van der Waals surface area contributed by atoms with E-state index in [4.69, 9.17) is 0 Å². The zero-order valence-electron chi connectivity index (χ0n) is 9.31. The van der Waals surface area contributed by atoms with Crippen molar-refractivity contribution < 1.29 is 24.2 Å². The second-order valence-electron chi connectivity index (χ2n) is 2.97. The number of ether oxygens (including phenoxy) is 2. The van der Waals surface area contributed by atoms with Gasteiger partial charge in [0.25, 0.3) is 0 Å². The Balaban J connectivity index is 3.07. The maximum absolute atomic E-state index is 11.3. The van der Waals surface area contributed by atoms with Crippen LogP contribution in [0.3, 0.4) is 0 Å². The first-order valence-corrected chi connectivity index (χ1v) is 4.59. The number of hydrogen-bond donors (Lipinski definition) is 1. The lowest BCUT2D eigenvalue weighted by atomic mass is 10.1. The lowest BCUT2D eigenvalue weighted by Gasteiger charge is -2.02. The third kappa shape index (κ3) is 3.24. The first-order chi connectivity index (χ1) is 8.08. The van der Waals surface area contributed by atoms with Crippen LogP contribution in [0, 0.1) is 11.8 Å². The fourth-order valence-electron chi connectivity index (χ4n) is 1.06. The summed E-state index contributed by atoms with van der Waals surface area (Å²) in [6.07, 6.45) is 0. The third-order valence-electron chi connectivity index (χ3n) is 1.90. The van der Waals surface area contributed by atoms with Gasteiger partial charge in [0.1, 0.15) is 11.3 Å². The molecule has 5 nitrogen and oxygen atoms in total. The van der Waals surface area contributed by atoms with E-state index < -0.39 is 11.9 Å². The van der Waals surface area contributed by atoms with Crippen LogP contribution in [0.4, 0.5) is 0 Å². The minimum Gasteiger partial charge on any atom is -0.507 e. The molecular formula is C12H10O5. The average Bonchev–Trinajstić information content (AvgIpc) is 2.36. The second kappa shape index (κ2) is 5.56. The highest BCUT2D eigenvalue weighted by atomic mass is 16.5. The molecule has 1 N–H and O–H groups in total. The highest BCUT2D eigenvalue weighted by Gasteiger charge is 2.11. The van der Waals surface area contributed by atoms with Crippen LogP contribution in [0.25, 0.3) is 0 Å². The van der Waals surface area contributed by atoms with Gasteiger partial charge in [-0.05, 0) is 18.2 Å². The van der Waals surface area contributed by atoms with Crippen molar-refractivity contribution in [2.75, 3.05) is 14.2 Å². The van der Waals surface area contributed by atoms with Crippen molar-refractivity contribution in [3.63, 3.8) is 0 Å². The molecule has 0 aliphatic heterocycles. The molecule has 1 aromatic rings. The second-order valence-corrected chi connectivity index (χ2v) is 2.97. The van der Waals surface area contributed by atoms with Crippen LogP contribution in [-0.4, -0.2) is 31.3 Å². The SMILES string of the molecule is COC(=O)C#Cc1ccc(O)c(C(=O)OC)c1. The van der Waals surface area contributed by atoms with Gasteiger partial charge >= 0.3 is 11.9 Å². The molecule has 0 aliphatic carbocycles. The fourth-order valence-corrected chi connectivity index (χ4v) is 1.06. The fraction of sp³-hybridized carbons (Fsp3) is 0.167. The van der Waals surface area contributed by atoms with Gasteiger partial charge in [0.2, 0.25) is 0 Å². The van der Waals surface area contributed by atoms with E-state index in [1.807, 2.05) is 0 Å². The van der Waals surface area contributed by atoms with Gasteiger partial charge < -0.3 is 14.6 Å². The summed E-state index contributed by atoms with van der Waals surface area (Å²) in [5, 5.41) is 9.42. The zero-order chi connectivity index (χ0) is 12.8. The molecule has 1 rings (SSSR count). The van der Waals surface area contributed by atoms with Gasteiger partial charge in [-0.3, -0.25) is 0 Å². The number of benzene rings is 1. The van der Waals surface area contributed by atoms with Gasteiger partial charge in [0.15, 0.2) is 0 Å². The highest BCUT2D eigenvalue weighted by molar-refractivity contribution is 5.93. The molecule has 0 unspecified atom stereocenters. The van der Waals surface area contributed by atoms with E-state index in [0.29, 0.717) is 5.56 Å². The van der Waals surface area contributed by atoms with Crippen molar-refractivity contribution in [2.24, 2.45) is 0 Å². The predicted octanol–water partition coefficient (Wildman–Crippen LogP) is 0.703. The highest BCUT2D eigenvalue weighted by Crippen LogP contribution is 2.18. The largest absolute Gasteiger partial charge is 0.507 e.